The molecule has 1 rings (SSSR count). The van der Waals surface area contributed by atoms with Crippen LogP contribution in [0.25, 0.3) is 0 Å². The Morgan fingerprint density at radius 1 is 1.13 bits per heavy atom. The van der Waals surface area contributed by atoms with Crippen molar-refractivity contribution in [3.8, 4) is 0 Å². The summed E-state index contributed by atoms with van der Waals surface area (Å²) in [6.45, 7) is 8.66. The van der Waals surface area contributed by atoms with Crippen molar-refractivity contribution in [2.24, 2.45) is 22.7 Å². The van der Waals surface area contributed by atoms with Crippen molar-refractivity contribution in [1.82, 2.24) is 0 Å². The van der Waals surface area contributed by atoms with Gasteiger partial charge in [0.05, 0.1) is 6.61 Å². The first-order valence-electron chi connectivity index (χ1n) is 6.96. The molecular weight excluding hydrogens is 381 g/mol. The molecule has 0 aromatic carbocycles. The van der Waals surface area contributed by atoms with Crippen LogP contribution in [0.2, 0.25) is 0 Å². The van der Waals surface area contributed by atoms with E-state index in [2.05, 4.69) is 32.2 Å². The summed E-state index contributed by atoms with van der Waals surface area (Å²) in [5, 5.41) is 0. The van der Waals surface area contributed by atoms with Gasteiger partial charge in [-0.15, -0.1) is 0 Å². The highest BCUT2D eigenvalue weighted by atomic mass is 32.8. The van der Waals surface area contributed by atoms with Crippen LogP contribution in [0.1, 0.15) is 34.6 Å². The lowest BCUT2D eigenvalue weighted by Crippen LogP contribution is -2.35. The highest BCUT2D eigenvalue weighted by Gasteiger charge is 2.57. The van der Waals surface area contributed by atoms with E-state index in [1.807, 2.05) is 20.8 Å². The van der Waals surface area contributed by atoms with Gasteiger partial charge in [0.25, 0.3) is 6.18 Å². The molecular formula is C12H25O7P3S. The molecule has 23 heavy (non-hydrogen) atoms. The highest BCUT2D eigenvalue weighted by Crippen LogP contribution is 2.94. The zero-order valence-corrected chi connectivity index (χ0v) is 17.3. The second-order valence-electron chi connectivity index (χ2n) is 7.11. The Kier molecular flexibility index (Phi) is 5.77. The van der Waals surface area contributed by atoms with E-state index in [0.717, 1.165) is 5.57 Å². The smallest absolute Gasteiger partial charge is 0.338 e. The Morgan fingerprint density at radius 3 is 1.87 bits per heavy atom. The summed E-state index contributed by atoms with van der Waals surface area (Å²) in [6, 6.07) is 0. The molecule has 11 heteroatoms. The van der Waals surface area contributed by atoms with E-state index in [4.69, 9.17) is 14.3 Å². The molecule has 136 valence electrons. The molecule has 7 nitrogen and oxygen atoms in total. The molecule has 0 saturated heterocycles. The zero-order valence-electron chi connectivity index (χ0n) is 13.8. The normalized spacial score (nSPS) is 32.3. The first kappa shape index (κ1) is 21.7. The van der Waals surface area contributed by atoms with Gasteiger partial charge in [-0.1, -0.05) is 46.8 Å². The van der Waals surface area contributed by atoms with Crippen molar-refractivity contribution in [3.63, 3.8) is 0 Å². The lowest BCUT2D eigenvalue weighted by Gasteiger charge is -2.40. The van der Waals surface area contributed by atoms with E-state index in [-0.39, 0.29) is 29.3 Å². The lowest BCUT2D eigenvalue weighted by atomic mass is 9.65. The molecule has 1 saturated carbocycles. The van der Waals surface area contributed by atoms with Crippen molar-refractivity contribution < 1.29 is 33.2 Å². The fraction of sp³-hybridized carbons (Fsp3) is 0.833. The Bertz CT molecular complexity index is 651. The van der Waals surface area contributed by atoms with Crippen LogP contribution in [-0.4, -0.2) is 26.2 Å². The standard InChI is InChI=1S/C12H25O7P3S/c1-8-9(2)11(3,4)12(5,6)10(8)7-19-22(18,23)21(16,17)20(13,14)15/h9-10H,1,7H2,2-6H3,(H,16,17)(H,18,23)(H2,13,14,15)/t9-,10?,22?/m1/s1. The Labute approximate surface area is 141 Å². The SMILES string of the molecule is C=C1C(COP(O)(=S)P(=O)(O)P(=O)(O)O)C(C)(C)C(C)(C)[C@@H]1C. The molecule has 1 fully saturated rings. The van der Waals surface area contributed by atoms with E-state index in [9.17, 15) is 18.9 Å². The molecule has 1 aliphatic rings. The summed E-state index contributed by atoms with van der Waals surface area (Å²) in [4.78, 5) is 37.4. The molecule has 0 aliphatic heterocycles. The van der Waals surface area contributed by atoms with Gasteiger partial charge in [-0.3, -0.25) is 4.57 Å². The van der Waals surface area contributed by atoms with E-state index in [1.165, 1.54) is 0 Å². The molecule has 0 aromatic heterocycles. The van der Waals surface area contributed by atoms with Crippen LogP contribution in [0.3, 0.4) is 0 Å². The van der Waals surface area contributed by atoms with Crippen molar-refractivity contribution in [3.05, 3.63) is 12.2 Å². The topological polar surface area (TPSA) is 124 Å². The van der Waals surface area contributed by atoms with Crippen molar-refractivity contribution in [1.29, 1.82) is 0 Å². The average molecular weight is 406 g/mol. The third-order valence-electron chi connectivity index (χ3n) is 5.70. The molecule has 4 N–H and O–H groups in total. The first-order valence-corrected chi connectivity index (χ1v) is 14.3. The monoisotopic (exact) mass is 406 g/mol. The van der Waals surface area contributed by atoms with Gasteiger partial charge in [0, 0.05) is 5.92 Å². The Morgan fingerprint density at radius 2 is 1.57 bits per heavy atom. The summed E-state index contributed by atoms with van der Waals surface area (Å²) in [6.07, 6.45) is -4.57. The average Bonchev–Trinajstić information content (AvgIpc) is 2.45. The maximum Gasteiger partial charge on any atom is 0.416 e. The van der Waals surface area contributed by atoms with E-state index in [0.29, 0.717) is 0 Å². The molecule has 0 spiro atoms. The van der Waals surface area contributed by atoms with Crippen LogP contribution in [0.4, 0.5) is 0 Å². The van der Waals surface area contributed by atoms with Gasteiger partial charge in [-0.25, -0.2) is 4.57 Å². The number of rotatable bonds is 5. The van der Waals surface area contributed by atoms with Crippen molar-refractivity contribution in [2.75, 3.05) is 6.61 Å². The van der Waals surface area contributed by atoms with Crippen molar-refractivity contribution >= 4 is 32.0 Å². The number of hydrogen-bond donors (Lipinski definition) is 4. The minimum Gasteiger partial charge on any atom is -0.338 e. The van der Waals surface area contributed by atoms with Crippen LogP contribution < -0.4 is 0 Å². The van der Waals surface area contributed by atoms with E-state index in [1.54, 1.807) is 0 Å². The maximum absolute atomic E-state index is 11.8. The maximum atomic E-state index is 11.8. The third kappa shape index (κ3) is 3.36. The summed E-state index contributed by atoms with van der Waals surface area (Å²) in [5.74, 6) is -0.121. The predicted molar refractivity (Wildman–Crippen MR) is 93.7 cm³/mol. The molecule has 0 amide bonds. The van der Waals surface area contributed by atoms with Gasteiger partial charge in [-0.05, 0) is 28.6 Å². The van der Waals surface area contributed by atoms with Gasteiger partial charge in [0.2, 0.25) is 0 Å². The molecule has 4 atom stereocenters. The van der Waals surface area contributed by atoms with Gasteiger partial charge in [0.1, 0.15) is 0 Å². The molecule has 0 aromatic rings. The van der Waals surface area contributed by atoms with Crippen molar-refractivity contribution in [2.45, 2.75) is 34.6 Å². The second kappa shape index (κ2) is 6.12. The molecule has 0 bridgehead atoms. The fourth-order valence-electron chi connectivity index (χ4n) is 2.95. The predicted octanol–water partition coefficient (Wildman–Crippen LogP) is 3.46. The van der Waals surface area contributed by atoms with Crippen LogP contribution in [0, 0.1) is 22.7 Å². The molecule has 3 unspecified atom stereocenters. The lowest BCUT2D eigenvalue weighted by molar-refractivity contribution is 0.0629. The summed E-state index contributed by atoms with van der Waals surface area (Å²) in [5.41, 5.74) is 0.418. The molecule has 1 aliphatic carbocycles. The quantitative estimate of drug-likeness (QED) is 0.404. The fourth-order valence-corrected chi connectivity index (χ4v) is 11.1. The zero-order chi connectivity index (χ0) is 18.6. The summed E-state index contributed by atoms with van der Waals surface area (Å²) >= 11 is 4.57. The largest absolute Gasteiger partial charge is 0.416 e. The summed E-state index contributed by atoms with van der Waals surface area (Å²) in [7, 11) is -5.48. The third-order valence-corrected chi connectivity index (χ3v) is 19.6. The second-order valence-corrected chi connectivity index (χ2v) is 20.1. The summed E-state index contributed by atoms with van der Waals surface area (Å²) < 4.78 is 28.0. The Balaban J connectivity index is 3.08. The van der Waals surface area contributed by atoms with Gasteiger partial charge in [-0.2, -0.15) is 0 Å². The first-order chi connectivity index (χ1) is 9.91. The van der Waals surface area contributed by atoms with Gasteiger partial charge in [0.15, 0.2) is 0 Å². The Hall–Kier alpha value is 0.650. The van der Waals surface area contributed by atoms with Gasteiger partial charge >= 0.3 is 14.0 Å². The molecule has 0 radical (unpaired) electrons. The van der Waals surface area contributed by atoms with Crippen LogP contribution >= 0.6 is 20.2 Å². The van der Waals surface area contributed by atoms with E-state index < -0.39 is 20.2 Å². The minimum absolute atomic E-state index is 0.137. The van der Waals surface area contributed by atoms with Crippen LogP contribution in [0.15, 0.2) is 12.2 Å². The van der Waals surface area contributed by atoms with Crippen LogP contribution in [0.5, 0.6) is 0 Å². The minimum atomic E-state index is -5.48. The van der Waals surface area contributed by atoms with Gasteiger partial charge < -0.3 is 24.1 Å². The van der Waals surface area contributed by atoms with E-state index >= 15 is 0 Å². The molecule has 0 heterocycles. The highest BCUT2D eigenvalue weighted by molar-refractivity contribution is 8.69. The van der Waals surface area contributed by atoms with Crippen LogP contribution in [-0.2, 0) is 25.5 Å². The number of hydrogen-bond acceptors (Lipinski definition) is 4.